The molecule has 2 aliphatic carbocycles. The minimum absolute atomic E-state index is 0.752. The third-order valence-corrected chi connectivity index (χ3v) is 7.77. The summed E-state index contributed by atoms with van der Waals surface area (Å²) in [6, 6.07) is 5.65. The zero-order valence-electron chi connectivity index (χ0n) is 19.3. The Morgan fingerprint density at radius 2 is 1.20 bits per heavy atom. The fourth-order valence-corrected chi connectivity index (χ4v) is 5.62. The van der Waals surface area contributed by atoms with Crippen molar-refractivity contribution < 1.29 is 9.47 Å². The molecule has 30 heavy (non-hydrogen) atoms. The normalized spacial score (nSPS) is 18.0. The Balaban J connectivity index is 1.72. The van der Waals surface area contributed by atoms with Crippen LogP contribution >= 0.6 is 15.9 Å². The number of rotatable bonds is 11. The van der Waals surface area contributed by atoms with Crippen molar-refractivity contribution in [2.24, 2.45) is 0 Å². The molecular formula is C24H40BrN3O2. The molecule has 2 saturated carbocycles. The lowest BCUT2D eigenvalue weighted by molar-refractivity contribution is 0.239. The summed E-state index contributed by atoms with van der Waals surface area (Å²) in [5.41, 5.74) is 1.19. The van der Waals surface area contributed by atoms with Crippen molar-refractivity contribution in [2.45, 2.75) is 63.5 Å². The van der Waals surface area contributed by atoms with Gasteiger partial charge in [-0.15, -0.1) is 0 Å². The van der Waals surface area contributed by atoms with Gasteiger partial charge in [-0.2, -0.15) is 0 Å². The van der Waals surface area contributed by atoms with Crippen LogP contribution in [-0.4, -0.2) is 76.4 Å². The van der Waals surface area contributed by atoms with Gasteiger partial charge in [-0.3, -0.25) is 0 Å². The SMILES string of the molecule is COc1cc(Br)c(N(CCN(C)C2CCCC2)CCN(C)C2CCCC2)cc1OC. The summed E-state index contributed by atoms with van der Waals surface area (Å²) < 4.78 is 12.2. The van der Waals surface area contributed by atoms with Crippen LogP contribution in [0.2, 0.25) is 0 Å². The molecule has 6 heteroatoms. The van der Waals surface area contributed by atoms with Gasteiger partial charge in [0.25, 0.3) is 0 Å². The van der Waals surface area contributed by atoms with Crippen LogP contribution in [-0.2, 0) is 0 Å². The summed E-state index contributed by atoms with van der Waals surface area (Å²) in [4.78, 5) is 7.65. The molecule has 170 valence electrons. The highest BCUT2D eigenvalue weighted by Crippen LogP contribution is 2.38. The molecule has 0 saturated heterocycles. The first-order valence-corrected chi connectivity index (χ1v) is 12.4. The van der Waals surface area contributed by atoms with Crippen molar-refractivity contribution in [2.75, 3.05) is 59.4 Å². The molecule has 2 fully saturated rings. The molecule has 1 aromatic rings. The van der Waals surface area contributed by atoms with Crippen LogP contribution in [0.5, 0.6) is 11.5 Å². The fraction of sp³-hybridized carbons (Fsp3) is 0.750. The van der Waals surface area contributed by atoms with E-state index in [2.05, 4.69) is 50.8 Å². The van der Waals surface area contributed by atoms with Crippen LogP contribution in [0.25, 0.3) is 0 Å². The molecule has 0 N–H and O–H groups in total. The van der Waals surface area contributed by atoms with Gasteiger partial charge in [0, 0.05) is 54.9 Å². The molecule has 0 bridgehead atoms. The average molecular weight is 483 g/mol. The van der Waals surface area contributed by atoms with E-state index in [-0.39, 0.29) is 0 Å². The Labute approximate surface area is 191 Å². The van der Waals surface area contributed by atoms with E-state index in [0.29, 0.717) is 0 Å². The summed E-state index contributed by atoms with van der Waals surface area (Å²) in [6.45, 7) is 4.19. The van der Waals surface area contributed by atoms with E-state index in [4.69, 9.17) is 9.47 Å². The lowest BCUT2D eigenvalue weighted by Gasteiger charge is -2.33. The highest BCUT2D eigenvalue weighted by molar-refractivity contribution is 9.10. The van der Waals surface area contributed by atoms with E-state index in [1.165, 1.54) is 57.1 Å². The molecule has 0 spiro atoms. The van der Waals surface area contributed by atoms with Gasteiger partial charge in [-0.05, 0) is 55.7 Å². The van der Waals surface area contributed by atoms with Crippen LogP contribution in [0, 0.1) is 0 Å². The predicted molar refractivity (Wildman–Crippen MR) is 129 cm³/mol. The maximum Gasteiger partial charge on any atom is 0.162 e. The van der Waals surface area contributed by atoms with Gasteiger partial charge < -0.3 is 24.2 Å². The molecule has 3 rings (SSSR count). The number of halogens is 1. The van der Waals surface area contributed by atoms with Gasteiger partial charge in [0.2, 0.25) is 0 Å². The summed E-state index contributed by atoms with van der Waals surface area (Å²) >= 11 is 3.79. The van der Waals surface area contributed by atoms with Gasteiger partial charge in [0.05, 0.1) is 19.9 Å². The molecule has 0 heterocycles. The summed E-state index contributed by atoms with van der Waals surface area (Å²) in [5.74, 6) is 1.55. The third kappa shape index (κ3) is 6.04. The molecule has 5 nitrogen and oxygen atoms in total. The average Bonchev–Trinajstić information content (AvgIpc) is 3.47. The van der Waals surface area contributed by atoms with Crippen molar-refractivity contribution >= 4 is 21.6 Å². The number of hydrogen-bond donors (Lipinski definition) is 0. The molecule has 0 radical (unpaired) electrons. The minimum Gasteiger partial charge on any atom is -0.493 e. The van der Waals surface area contributed by atoms with Crippen LogP contribution in [0.3, 0.4) is 0 Å². The van der Waals surface area contributed by atoms with E-state index < -0.39 is 0 Å². The maximum absolute atomic E-state index is 5.60. The second-order valence-corrected chi connectivity index (χ2v) is 9.84. The first kappa shape index (κ1) is 23.7. The number of anilines is 1. The van der Waals surface area contributed by atoms with Crippen LogP contribution < -0.4 is 14.4 Å². The van der Waals surface area contributed by atoms with Crippen molar-refractivity contribution in [1.82, 2.24) is 9.80 Å². The Hall–Kier alpha value is -0.980. The van der Waals surface area contributed by atoms with E-state index in [0.717, 1.165) is 54.2 Å². The first-order valence-electron chi connectivity index (χ1n) is 11.6. The quantitative estimate of drug-likeness (QED) is 0.442. The van der Waals surface area contributed by atoms with Crippen molar-refractivity contribution in [3.05, 3.63) is 16.6 Å². The Kier molecular flexibility index (Phi) is 9.14. The number of nitrogens with zero attached hydrogens (tertiary/aromatic N) is 3. The fourth-order valence-electron chi connectivity index (χ4n) is 5.05. The van der Waals surface area contributed by atoms with Gasteiger partial charge in [0.15, 0.2) is 11.5 Å². The van der Waals surface area contributed by atoms with E-state index in [1.54, 1.807) is 14.2 Å². The van der Waals surface area contributed by atoms with Crippen LogP contribution in [0.15, 0.2) is 16.6 Å². The topological polar surface area (TPSA) is 28.2 Å². The van der Waals surface area contributed by atoms with Crippen molar-refractivity contribution in [1.29, 1.82) is 0 Å². The monoisotopic (exact) mass is 481 g/mol. The highest BCUT2D eigenvalue weighted by Gasteiger charge is 2.23. The first-order chi connectivity index (χ1) is 14.5. The Bertz CT molecular complexity index is 634. The van der Waals surface area contributed by atoms with E-state index >= 15 is 0 Å². The smallest absolute Gasteiger partial charge is 0.162 e. The third-order valence-electron chi connectivity index (χ3n) is 7.14. The van der Waals surface area contributed by atoms with Gasteiger partial charge in [-0.1, -0.05) is 25.7 Å². The lowest BCUT2D eigenvalue weighted by Crippen LogP contribution is -2.42. The largest absolute Gasteiger partial charge is 0.493 e. The second-order valence-electron chi connectivity index (χ2n) is 8.98. The second kappa shape index (κ2) is 11.6. The number of methoxy groups -OCH3 is 2. The molecular weight excluding hydrogens is 442 g/mol. The number of ether oxygens (including phenoxy) is 2. The molecule has 0 aliphatic heterocycles. The molecule has 0 amide bonds. The molecule has 2 aliphatic rings. The van der Waals surface area contributed by atoms with Gasteiger partial charge in [-0.25, -0.2) is 0 Å². The van der Waals surface area contributed by atoms with Gasteiger partial charge >= 0.3 is 0 Å². The predicted octanol–water partition coefficient (Wildman–Crippen LogP) is 5.02. The zero-order chi connectivity index (χ0) is 21.5. The number of benzene rings is 1. The lowest BCUT2D eigenvalue weighted by atomic mass is 10.2. The number of likely N-dealkylation sites (N-methyl/N-ethyl adjacent to an activating group) is 2. The van der Waals surface area contributed by atoms with Crippen molar-refractivity contribution in [3.63, 3.8) is 0 Å². The van der Waals surface area contributed by atoms with E-state index in [9.17, 15) is 0 Å². The molecule has 1 aromatic carbocycles. The summed E-state index contributed by atoms with van der Waals surface area (Å²) in [5, 5.41) is 0. The number of hydrogen-bond acceptors (Lipinski definition) is 5. The Morgan fingerprint density at radius 1 is 0.767 bits per heavy atom. The van der Waals surface area contributed by atoms with E-state index in [1.807, 2.05) is 6.07 Å². The zero-order valence-corrected chi connectivity index (χ0v) is 20.9. The minimum atomic E-state index is 0.752. The van der Waals surface area contributed by atoms with Gasteiger partial charge in [0.1, 0.15) is 0 Å². The van der Waals surface area contributed by atoms with Crippen LogP contribution in [0.4, 0.5) is 5.69 Å². The summed E-state index contributed by atoms with van der Waals surface area (Å²) in [7, 11) is 7.99. The maximum atomic E-state index is 5.60. The van der Waals surface area contributed by atoms with Crippen LogP contribution in [0.1, 0.15) is 51.4 Å². The molecule has 0 unspecified atom stereocenters. The van der Waals surface area contributed by atoms with Crippen molar-refractivity contribution in [3.8, 4) is 11.5 Å². The Morgan fingerprint density at radius 3 is 1.63 bits per heavy atom. The summed E-state index contributed by atoms with van der Waals surface area (Å²) in [6.07, 6.45) is 10.9. The molecule has 0 aromatic heterocycles. The standard InChI is InChI=1S/C24H40BrN3O2/c1-26(19-9-5-6-10-19)13-15-28(16-14-27(2)20-11-7-8-12-20)22-18-24(30-4)23(29-3)17-21(22)25/h17-20H,5-16H2,1-4H3. The highest BCUT2D eigenvalue weighted by atomic mass is 79.9. The molecule has 0 atom stereocenters.